The fraction of sp³-hybridized carbons (Fsp3) is 0.472. The number of nitrogens with zero attached hydrogens (tertiary/aromatic N) is 2. The van der Waals surface area contributed by atoms with Crippen LogP contribution < -0.4 is 25.5 Å². The number of anilines is 6. The molecule has 4 heteroatoms. The van der Waals surface area contributed by atoms with Gasteiger partial charge in [-0.15, -0.1) is 11.3 Å². The molecule has 2 nitrogen and oxygen atoms in total. The number of aryl methyl sites for hydroxylation is 1. The lowest BCUT2D eigenvalue weighted by molar-refractivity contribution is 0.191. The summed E-state index contributed by atoms with van der Waals surface area (Å²) in [5, 5.41) is 1.44. The van der Waals surface area contributed by atoms with Gasteiger partial charge < -0.3 is 9.80 Å². The van der Waals surface area contributed by atoms with Crippen molar-refractivity contribution in [3.05, 3.63) is 147 Å². The molecule has 392 valence electrons. The lowest BCUT2D eigenvalue weighted by atomic mass is 9.35. The van der Waals surface area contributed by atoms with Gasteiger partial charge >= 0.3 is 0 Å². The fourth-order valence-electron chi connectivity index (χ4n) is 15.9. The Bertz CT molecular complexity index is 3590. The van der Waals surface area contributed by atoms with E-state index in [4.69, 9.17) is 0 Å². The number of hydrogen-bond acceptors (Lipinski definition) is 3. The van der Waals surface area contributed by atoms with E-state index in [2.05, 4.69) is 236 Å². The zero-order chi connectivity index (χ0) is 53.8. The Labute approximate surface area is 462 Å². The molecule has 0 spiro atoms. The zero-order valence-corrected chi connectivity index (χ0v) is 50.2. The normalized spacial score (nSPS) is 23.3. The maximum atomic E-state index is 2.87. The molecule has 0 N–H and O–H groups in total. The largest absolute Gasteiger partial charge is 0.311 e. The lowest BCUT2D eigenvalue weighted by Crippen LogP contribution is -2.61. The monoisotopic (exact) mass is 1020 g/mol. The third kappa shape index (κ3) is 7.36. The Morgan fingerprint density at radius 1 is 0.553 bits per heavy atom. The molecule has 1 fully saturated rings. The predicted molar refractivity (Wildman–Crippen MR) is 332 cm³/mol. The van der Waals surface area contributed by atoms with E-state index in [1.807, 2.05) is 0 Å². The molecule has 7 aromatic rings. The summed E-state index contributed by atoms with van der Waals surface area (Å²) < 4.78 is 2.95. The number of rotatable bonds is 3. The second kappa shape index (κ2) is 16.3. The van der Waals surface area contributed by atoms with Gasteiger partial charge in [0, 0.05) is 43.2 Å². The third-order valence-corrected chi connectivity index (χ3v) is 22.3. The van der Waals surface area contributed by atoms with Crippen molar-refractivity contribution in [1.29, 1.82) is 0 Å². The first kappa shape index (κ1) is 50.4. The van der Waals surface area contributed by atoms with Crippen molar-refractivity contribution in [2.45, 2.75) is 213 Å². The van der Waals surface area contributed by atoms with Crippen molar-refractivity contribution in [3.63, 3.8) is 0 Å². The van der Waals surface area contributed by atoms with Crippen molar-refractivity contribution in [2.75, 3.05) is 9.80 Å². The Balaban J connectivity index is 1.22. The maximum absolute atomic E-state index is 2.87. The van der Waals surface area contributed by atoms with Crippen LogP contribution in [-0.4, -0.2) is 6.71 Å². The highest BCUT2D eigenvalue weighted by Crippen LogP contribution is 2.59. The summed E-state index contributed by atoms with van der Waals surface area (Å²) in [5.74, 6) is 1.32. The molecule has 0 radical (unpaired) electrons. The molecule has 0 amide bonds. The van der Waals surface area contributed by atoms with Crippen molar-refractivity contribution < 1.29 is 0 Å². The molecule has 3 heterocycles. The molecular weight excluding hydrogens is 936 g/mol. The smallest absolute Gasteiger partial charge is 0.264 e. The zero-order valence-electron chi connectivity index (χ0n) is 49.4. The number of fused-ring (bicyclic) bond motifs is 12. The van der Waals surface area contributed by atoms with Gasteiger partial charge in [-0.2, -0.15) is 0 Å². The first-order chi connectivity index (χ1) is 35.6. The van der Waals surface area contributed by atoms with Gasteiger partial charge in [0.25, 0.3) is 6.71 Å². The molecule has 6 aromatic carbocycles. The van der Waals surface area contributed by atoms with Crippen LogP contribution in [-0.2, 0) is 37.9 Å². The van der Waals surface area contributed by atoms with Crippen LogP contribution in [0.25, 0.3) is 21.2 Å². The van der Waals surface area contributed by atoms with Gasteiger partial charge in [-0.1, -0.05) is 166 Å². The summed E-state index contributed by atoms with van der Waals surface area (Å²) in [5.41, 5.74) is 27.2. The molecule has 6 aliphatic rings. The molecule has 76 heavy (non-hydrogen) atoms. The highest BCUT2D eigenvalue weighted by atomic mass is 32.1. The van der Waals surface area contributed by atoms with Gasteiger partial charge in [0.2, 0.25) is 0 Å². The Kier molecular flexibility index (Phi) is 10.8. The first-order valence-corrected chi connectivity index (χ1v) is 30.3. The van der Waals surface area contributed by atoms with E-state index in [1.54, 1.807) is 16.7 Å². The molecule has 0 saturated heterocycles. The standard InChI is InChI=1S/C72H85BN2S/c1-42-32-46(66(3,4)5)25-26-57(42)74-59-40-55-53(69(11,12)29-31-71(55,15)16)38-56(59)73-63-60(74)33-47(67(6,7)8)34-61(63)75(58-39-54-52(68(9,10)28-30-70(54,13)14)35-49(58)44-22-19-18-20-23-44)64-50-36-51-48(37-62(50)76-65(64)73)43(2)45-24-21-27-72(51,17)41-45/h18-20,22-23,25-26,32-40,43,45H,21,24,27-31,41H2,1-17H3. The molecule has 2 bridgehead atoms. The van der Waals surface area contributed by atoms with Crippen LogP contribution in [0.3, 0.4) is 0 Å². The topological polar surface area (TPSA) is 6.48 Å². The van der Waals surface area contributed by atoms with Crippen LogP contribution in [0.1, 0.15) is 218 Å². The van der Waals surface area contributed by atoms with Crippen LogP contribution in [0.15, 0.2) is 97.1 Å². The highest BCUT2D eigenvalue weighted by molar-refractivity contribution is 7.33. The van der Waals surface area contributed by atoms with Crippen LogP contribution in [0.4, 0.5) is 34.1 Å². The van der Waals surface area contributed by atoms with Crippen LogP contribution in [0.5, 0.6) is 0 Å². The highest BCUT2D eigenvalue weighted by Gasteiger charge is 2.51. The first-order valence-electron chi connectivity index (χ1n) is 29.5. The Morgan fingerprint density at radius 2 is 1.13 bits per heavy atom. The van der Waals surface area contributed by atoms with Gasteiger partial charge in [-0.3, -0.25) is 0 Å². The van der Waals surface area contributed by atoms with Crippen molar-refractivity contribution in [3.8, 4) is 11.1 Å². The summed E-state index contributed by atoms with van der Waals surface area (Å²) in [6.45, 7) is 42.1. The Morgan fingerprint density at radius 3 is 1.74 bits per heavy atom. The van der Waals surface area contributed by atoms with E-state index in [-0.39, 0.29) is 44.6 Å². The minimum absolute atomic E-state index is 0.0207. The van der Waals surface area contributed by atoms with Gasteiger partial charge in [-0.05, 0) is 217 Å². The summed E-state index contributed by atoms with van der Waals surface area (Å²) in [7, 11) is 0. The average molecular weight is 1020 g/mol. The average Bonchev–Trinajstić information content (AvgIpc) is 3.88. The van der Waals surface area contributed by atoms with Gasteiger partial charge in [-0.25, -0.2) is 0 Å². The van der Waals surface area contributed by atoms with E-state index in [0.29, 0.717) is 5.92 Å². The van der Waals surface area contributed by atoms with Gasteiger partial charge in [0.15, 0.2) is 0 Å². The summed E-state index contributed by atoms with van der Waals surface area (Å²) in [6, 6.07) is 40.5. The van der Waals surface area contributed by atoms with E-state index >= 15 is 0 Å². The van der Waals surface area contributed by atoms with Crippen LogP contribution in [0.2, 0.25) is 0 Å². The van der Waals surface area contributed by atoms with Crippen LogP contribution in [0, 0.1) is 12.8 Å². The van der Waals surface area contributed by atoms with Crippen molar-refractivity contribution in [2.24, 2.45) is 5.92 Å². The molecule has 13 rings (SSSR count). The minimum atomic E-state index is -0.131. The predicted octanol–water partition coefficient (Wildman–Crippen LogP) is 18.8. The van der Waals surface area contributed by atoms with E-state index in [0.717, 1.165) is 5.92 Å². The van der Waals surface area contributed by atoms with E-state index < -0.39 is 0 Å². The maximum Gasteiger partial charge on any atom is 0.264 e. The van der Waals surface area contributed by atoms with Crippen molar-refractivity contribution >= 4 is 78.0 Å². The molecule has 2 aliphatic heterocycles. The third-order valence-electron chi connectivity index (χ3n) is 21.1. The SMILES string of the molecule is Cc1cc(C(C)(C)C)ccc1N1c2cc3c(cc2B2c4sc5cc6c(cc5c4N(c4cc5c(cc4-c4ccccc4)C(C)(C)CCC5(C)C)c4cc(C(C)(C)C)cc1c42)C1(C)CCCC(C1)C6C)C(C)(C)CCC3(C)C. The molecule has 3 atom stereocenters. The Hall–Kier alpha value is -5.06. The summed E-state index contributed by atoms with van der Waals surface area (Å²) >= 11 is 2.12. The van der Waals surface area contributed by atoms with Crippen LogP contribution >= 0.6 is 11.3 Å². The number of hydrogen-bond donors (Lipinski definition) is 0. The summed E-state index contributed by atoms with van der Waals surface area (Å²) in [6.07, 6.45) is 9.98. The van der Waals surface area contributed by atoms with Gasteiger partial charge in [0.1, 0.15) is 0 Å². The molecule has 3 unspecified atom stereocenters. The number of thiophene rings is 1. The van der Waals surface area contributed by atoms with Gasteiger partial charge in [0.05, 0.1) is 11.4 Å². The van der Waals surface area contributed by atoms with E-state index in [9.17, 15) is 0 Å². The second-order valence-corrected chi connectivity index (χ2v) is 31.3. The molecule has 1 saturated carbocycles. The van der Waals surface area contributed by atoms with E-state index in [1.165, 1.54) is 156 Å². The summed E-state index contributed by atoms with van der Waals surface area (Å²) in [4.78, 5) is 5.63. The molecule has 4 aliphatic carbocycles. The molecule has 1 aromatic heterocycles. The number of benzene rings is 6. The second-order valence-electron chi connectivity index (χ2n) is 30.3. The minimum Gasteiger partial charge on any atom is -0.311 e. The van der Waals surface area contributed by atoms with Crippen molar-refractivity contribution in [1.82, 2.24) is 0 Å². The lowest BCUT2D eigenvalue weighted by Gasteiger charge is -2.48. The molecular formula is C72H85BN2S. The fourth-order valence-corrected chi connectivity index (χ4v) is 17.3. The quantitative estimate of drug-likeness (QED) is 0.163.